The molecule has 3 aromatic rings. The average Bonchev–Trinajstić information content (AvgIpc) is 3.19. The van der Waals surface area contributed by atoms with E-state index in [4.69, 9.17) is 20.8 Å². The van der Waals surface area contributed by atoms with E-state index in [2.05, 4.69) is 14.7 Å². The molecule has 35 heavy (non-hydrogen) atoms. The molecule has 0 saturated carbocycles. The molecule has 0 bridgehead atoms. The normalized spacial score (nSPS) is 17.1. The van der Waals surface area contributed by atoms with Gasteiger partial charge in [-0.3, -0.25) is 4.98 Å². The monoisotopic (exact) mass is 512 g/mol. The van der Waals surface area contributed by atoms with Crippen LogP contribution in [0.5, 0.6) is 5.75 Å². The van der Waals surface area contributed by atoms with Crippen molar-refractivity contribution in [3.05, 3.63) is 35.5 Å². The summed E-state index contributed by atoms with van der Waals surface area (Å²) in [6, 6.07) is 6.26. The Bertz CT molecular complexity index is 1230. The second-order valence-electron chi connectivity index (χ2n) is 9.14. The summed E-state index contributed by atoms with van der Waals surface area (Å²) >= 11 is 6.19. The molecule has 1 amide bonds. The van der Waals surface area contributed by atoms with Crippen LogP contribution < -0.4 is 9.64 Å². The summed E-state index contributed by atoms with van der Waals surface area (Å²) in [7, 11) is 0. The first-order chi connectivity index (χ1) is 16.3. The first-order valence-corrected chi connectivity index (χ1v) is 11.2. The number of carbonyl (C=O) groups is 1. The van der Waals surface area contributed by atoms with Gasteiger partial charge >= 0.3 is 12.5 Å². The molecule has 1 atom stereocenters. The lowest BCUT2D eigenvalue weighted by molar-refractivity contribution is -0.274. The Hall–Kier alpha value is -3.21. The second kappa shape index (κ2) is 9.10. The van der Waals surface area contributed by atoms with Crippen LogP contribution in [0.4, 0.5) is 24.0 Å². The number of anilines is 1. The Morgan fingerprint density at radius 3 is 2.57 bits per heavy atom. The standard InChI is InChI=1S/C23H24ClF3N4O4/c1-13-12-30(21(32)35-22(2,3)4)9-10-31(13)20-29-17-18(33-20)14(16-7-5-6-8-28-16)11-15(24)19(17)34-23(25,26)27/h5-8,11,13H,9-10,12H2,1-4H3/t13-/m1/s1. The molecule has 188 valence electrons. The van der Waals surface area contributed by atoms with E-state index in [1.54, 1.807) is 55.0 Å². The summed E-state index contributed by atoms with van der Waals surface area (Å²) in [6.07, 6.45) is -3.87. The van der Waals surface area contributed by atoms with E-state index < -0.39 is 23.8 Å². The van der Waals surface area contributed by atoms with Gasteiger partial charge in [0.05, 0.1) is 10.7 Å². The topological polar surface area (TPSA) is 80.9 Å². The van der Waals surface area contributed by atoms with Crippen LogP contribution in [0.2, 0.25) is 5.02 Å². The van der Waals surface area contributed by atoms with E-state index in [0.717, 1.165) is 0 Å². The Morgan fingerprint density at radius 1 is 1.23 bits per heavy atom. The van der Waals surface area contributed by atoms with Gasteiger partial charge in [-0.1, -0.05) is 17.7 Å². The third-order valence-electron chi connectivity index (χ3n) is 5.25. The summed E-state index contributed by atoms with van der Waals surface area (Å²) < 4.78 is 55.0. The fourth-order valence-electron chi connectivity index (χ4n) is 3.80. The number of piperazine rings is 1. The SMILES string of the molecule is C[C@@H]1CN(C(=O)OC(C)(C)C)CCN1c1nc2c(OC(F)(F)F)c(Cl)cc(-c3ccccn3)c2o1. The summed E-state index contributed by atoms with van der Waals surface area (Å²) in [6.45, 7) is 8.17. The van der Waals surface area contributed by atoms with Gasteiger partial charge < -0.3 is 23.7 Å². The van der Waals surface area contributed by atoms with Crippen molar-refractivity contribution >= 4 is 34.8 Å². The summed E-state index contributed by atoms with van der Waals surface area (Å²) in [5.74, 6) is -0.649. The maximum Gasteiger partial charge on any atom is 0.573 e. The quantitative estimate of drug-likeness (QED) is 0.433. The van der Waals surface area contributed by atoms with Crippen molar-refractivity contribution in [2.24, 2.45) is 0 Å². The van der Waals surface area contributed by atoms with Gasteiger partial charge in [-0.15, -0.1) is 13.2 Å². The van der Waals surface area contributed by atoms with Crippen molar-refractivity contribution in [3.8, 4) is 17.0 Å². The van der Waals surface area contributed by atoms with Gasteiger partial charge in [0.15, 0.2) is 16.8 Å². The zero-order valence-corrected chi connectivity index (χ0v) is 20.3. The van der Waals surface area contributed by atoms with Crippen LogP contribution in [-0.2, 0) is 4.74 Å². The highest BCUT2D eigenvalue weighted by atomic mass is 35.5. The molecule has 1 aromatic carbocycles. The van der Waals surface area contributed by atoms with Crippen molar-refractivity contribution in [2.75, 3.05) is 24.5 Å². The molecule has 2 aromatic heterocycles. The number of carbonyl (C=O) groups excluding carboxylic acids is 1. The van der Waals surface area contributed by atoms with E-state index in [9.17, 15) is 18.0 Å². The molecule has 0 spiro atoms. The molecule has 0 aliphatic carbocycles. The lowest BCUT2D eigenvalue weighted by Crippen LogP contribution is -2.54. The predicted molar refractivity (Wildman–Crippen MR) is 124 cm³/mol. The van der Waals surface area contributed by atoms with Gasteiger partial charge in [0.1, 0.15) is 5.60 Å². The maximum absolute atomic E-state index is 13.1. The Balaban J connectivity index is 1.71. The number of alkyl halides is 3. The molecule has 1 aliphatic heterocycles. The van der Waals surface area contributed by atoms with Crippen LogP contribution in [0.15, 0.2) is 34.9 Å². The molecule has 3 heterocycles. The minimum Gasteiger partial charge on any atom is -0.444 e. The number of ether oxygens (including phenoxy) is 2. The van der Waals surface area contributed by atoms with Crippen LogP contribution in [0.1, 0.15) is 27.7 Å². The lowest BCUT2D eigenvalue weighted by atomic mass is 10.1. The lowest BCUT2D eigenvalue weighted by Gasteiger charge is -2.39. The summed E-state index contributed by atoms with van der Waals surface area (Å²) in [5.41, 5.74) is 0.0760. The van der Waals surface area contributed by atoms with Gasteiger partial charge in [0.2, 0.25) is 0 Å². The van der Waals surface area contributed by atoms with Gasteiger partial charge in [0.25, 0.3) is 6.01 Å². The summed E-state index contributed by atoms with van der Waals surface area (Å²) in [5, 5.41) is -0.280. The van der Waals surface area contributed by atoms with Crippen LogP contribution in [0.25, 0.3) is 22.4 Å². The van der Waals surface area contributed by atoms with Gasteiger partial charge in [-0.2, -0.15) is 4.98 Å². The number of benzene rings is 1. The zero-order valence-electron chi connectivity index (χ0n) is 19.5. The first kappa shape index (κ1) is 24.9. The molecule has 12 heteroatoms. The molecule has 0 radical (unpaired) electrons. The van der Waals surface area contributed by atoms with E-state index in [0.29, 0.717) is 30.9 Å². The second-order valence-corrected chi connectivity index (χ2v) is 9.55. The number of halogens is 4. The smallest absolute Gasteiger partial charge is 0.444 e. The fraction of sp³-hybridized carbons (Fsp3) is 0.435. The largest absolute Gasteiger partial charge is 0.573 e. The van der Waals surface area contributed by atoms with Crippen LogP contribution in [-0.4, -0.2) is 58.6 Å². The highest BCUT2D eigenvalue weighted by molar-refractivity contribution is 6.33. The predicted octanol–water partition coefficient (Wildman–Crippen LogP) is 5.89. The van der Waals surface area contributed by atoms with Gasteiger partial charge in [-0.05, 0) is 45.9 Å². The van der Waals surface area contributed by atoms with Gasteiger partial charge in [-0.25, -0.2) is 4.79 Å². The number of oxazole rings is 1. The zero-order chi connectivity index (χ0) is 25.5. The van der Waals surface area contributed by atoms with E-state index in [1.807, 2.05) is 6.92 Å². The number of amides is 1. The van der Waals surface area contributed by atoms with Crippen molar-refractivity contribution < 1.29 is 31.9 Å². The molecule has 4 rings (SSSR count). The Kier molecular flexibility index (Phi) is 6.48. The first-order valence-electron chi connectivity index (χ1n) is 10.9. The van der Waals surface area contributed by atoms with Gasteiger partial charge in [0, 0.05) is 37.4 Å². The number of aromatic nitrogens is 2. The minimum absolute atomic E-state index is 0.0594. The third-order valence-corrected chi connectivity index (χ3v) is 5.53. The highest BCUT2D eigenvalue weighted by Crippen LogP contribution is 2.43. The van der Waals surface area contributed by atoms with E-state index >= 15 is 0 Å². The number of nitrogens with zero attached hydrogens (tertiary/aromatic N) is 4. The fourth-order valence-corrected chi connectivity index (χ4v) is 4.04. The number of hydrogen-bond acceptors (Lipinski definition) is 7. The number of fused-ring (bicyclic) bond motifs is 1. The molecule has 0 N–H and O–H groups in total. The van der Waals surface area contributed by atoms with Crippen LogP contribution in [0.3, 0.4) is 0 Å². The number of pyridine rings is 1. The molecule has 0 unspecified atom stereocenters. The molecular formula is C23H24ClF3N4O4. The van der Waals surface area contributed by atoms with Crippen molar-refractivity contribution in [3.63, 3.8) is 0 Å². The number of hydrogen-bond donors (Lipinski definition) is 0. The van der Waals surface area contributed by atoms with E-state index in [1.165, 1.54) is 6.07 Å². The molecule has 1 saturated heterocycles. The van der Waals surface area contributed by atoms with Crippen molar-refractivity contribution in [1.29, 1.82) is 0 Å². The average molecular weight is 513 g/mol. The van der Waals surface area contributed by atoms with Crippen LogP contribution >= 0.6 is 11.6 Å². The van der Waals surface area contributed by atoms with Crippen molar-refractivity contribution in [1.82, 2.24) is 14.9 Å². The number of rotatable bonds is 3. The maximum atomic E-state index is 13.1. The highest BCUT2D eigenvalue weighted by Gasteiger charge is 2.36. The Morgan fingerprint density at radius 2 is 1.97 bits per heavy atom. The van der Waals surface area contributed by atoms with E-state index in [-0.39, 0.29) is 28.2 Å². The van der Waals surface area contributed by atoms with Crippen molar-refractivity contribution in [2.45, 2.75) is 45.7 Å². The van der Waals surface area contributed by atoms with Crippen LogP contribution in [0, 0.1) is 0 Å². The molecular weight excluding hydrogens is 489 g/mol. The Labute approximate surface area is 204 Å². The minimum atomic E-state index is -4.98. The molecule has 1 fully saturated rings. The third kappa shape index (κ3) is 5.55. The molecule has 1 aliphatic rings. The summed E-state index contributed by atoms with van der Waals surface area (Å²) in [4.78, 5) is 24.4. The molecule has 8 nitrogen and oxygen atoms in total.